The lowest BCUT2D eigenvalue weighted by atomic mass is 9.90. The van der Waals surface area contributed by atoms with Crippen molar-refractivity contribution in [3.05, 3.63) is 41.0 Å². The van der Waals surface area contributed by atoms with Crippen LogP contribution in [0.1, 0.15) is 63.0 Å². The van der Waals surface area contributed by atoms with Crippen LogP contribution in [0.15, 0.2) is 39.9 Å². The number of hydrogen-bond acceptors (Lipinski definition) is 4. The summed E-state index contributed by atoms with van der Waals surface area (Å²) < 4.78 is 0. The molecule has 2 aliphatic heterocycles. The third-order valence-corrected chi connectivity index (χ3v) is 6.41. The fourth-order valence-electron chi connectivity index (χ4n) is 3.67. The molecule has 0 bridgehead atoms. The highest BCUT2D eigenvalue weighted by atomic mass is 32.2. The molecule has 0 unspecified atom stereocenters. The van der Waals surface area contributed by atoms with Crippen molar-refractivity contribution < 1.29 is 4.79 Å². The Balaban J connectivity index is 1.59. The van der Waals surface area contributed by atoms with Crippen LogP contribution < -0.4 is 0 Å². The first-order valence-corrected chi connectivity index (χ1v) is 10.4. The van der Waals surface area contributed by atoms with E-state index in [-0.39, 0.29) is 11.7 Å². The smallest absolute Gasteiger partial charge is 0.282 e. The predicted octanol–water partition coefficient (Wildman–Crippen LogP) is 5.01. The van der Waals surface area contributed by atoms with E-state index in [1.807, 2.05) is 12.1 Å². The summed E-state index contributed by atoms with van der Waals surface area (Å²) in [5.41, 5.74) is 2.44. The van der Waals surface area contributed by atoms with Crippen molar-refractivity contribution >= 4 is 39.8 Å². The minimum absolute atomic E-state index is 0.122. The van der Waals surface area contributed by atoms with E-state index in [0.29, 0.717) is 22.6 Å². The summed E-state index contributed by atoms with van der Waals surface area (Å²) in [4.78, 5) is 16.7. The molecule has 140 valence electrons. The van der Waals surface area contributed by atoms with Crippen LogP contribution in [0, 0.1) is 11.3 Å². The summed E-state index contributed by atoms with van der Waals surface area (Å²) in [5.74, 6) is 0.668. The molecule has 0 aromatic heterocycles. The van der Waals surface area contributed by atoms with E-state index in [2.05, 4.69) is 36.1 Å². The molecular formula is C21H24N4OS. The summed E-state index contributed by atoms with van der Waals surface area (Å²) in [5, 5.41) is 16.2. The summed E-state index contributed by atoms with van der Waals surface area (Å²) in [7, 11) is 0. The fourth-order valence-corrected chi connectivity index (χ4v) is 4.72. The predicted molar refractivity (Wildman–Crippen MR) is 112 cm³/mol. The highest BCUT2D eigenvalue weighted by Gasteiger charge is 2.37. The van der Waals surface area contributed by atoms with Gasteiger partial charge in [-0.05, 0) is 47.7 Å². The van der Waals surface area contributed by atoms with Gasteiger partial charge < -0.3 is 0 Å². The zero-order valence-corrected chi connectivity index (χ0v) is 16.6. The van der Waals surface area contributed by atoms with Crippen molar-refractivity contribution in [2.45, 2.75) is 51.9 Å². The number of amidine groups is 2. The van der Waals surface area contributed by atoms with E-state index in [0.717, 1.165) is 23.4 Å². The van der Waals surface area contributed by atoms with Gasteiger partial charge in [0.2, 0.25) is 5.17 Å². The monoisotopic (exact) mass is 380 g/mol. The van der Waals surface area contributed by atoms with Crippen molar-refractivity contribution in [1.82, 2.24) is 5.01 Å². The molecular weight excluding hydrogens is 356 g/mol. The summed E-state index contributed by atoms with van der Waals surface area (Å²) >= 11 is 1.46. The van der Waals surface area contributed by atoms with Crippen LogP contribution in [0.5, 0.6) is 0 Å². The maximum absolute atomic E-state index is 12.5. The van der Waals surface area contributed by atoms with Crippen molar-refractivity contribution in [2.24, 2.45) is 16.0 Å². The zero-order chi connectivity index (χ0) is 19.0. The lowest BCUT2D eigenvalue weighted by Gasteiger charge is -2.20. The lowest BCUT2D eigenvalue weighted by molar-refractivity contribution is -0.114. The second-order valence-electron chi connectivity index (χ2n) is 7.61. The van der Waals surface area contributed by atoms with Crippen LogP contribution in [0.2, 0.25) is 0 Å². The molecule has 27 heavy (non-hydrogen) atoms. The van der Waals surface area contributed by atoms with Gasteiger partial charge in [-0.2, -0.15) is 15.1 Å². The summed E-state index contributed by atoms with van der Waals surface area (Å²) in [6.07, 6.45) is 7.76. The summed E-state index contributed by atoms with van der Waals surface area (Å²) in [6, 6.07) is 8.09. The molecule has 1 N–H and O–H groups in total. The molecule has 0 atom stereocenters. The van der Waals surface area contributed by atoms with Crippen LogP contribution in [0.3, 0.4) is 0 Å². The molecule has 1 aromatic carbocycles. The van der Waals surface area contributed by atoms with Crippen LogP contribution in [-0.4, -0.2) is 27.0 Å². The van der Waals surface area contributed by atoms with E-state index in [9.17, 15) is 4.79 Å². The van der Waals surface area contributed by atoms with Gasteiger partial charge in [0.1, 0.15) is 5.04 Å². The minimum atomic E-state index is -0.355. The van der Waals surface area contributed by atoms with Gasteiger partial charge in [-0.15, -0.1) is 0 Å². The third kappa shape index (κ3) is 3.63. The van der Waals surface area contributed by atoms with Gasteiger partial charge in [0.25, 0.3) is 5.91 Å². The Kier molecular flexibility index (Phi) is 5.00. The van der Waals surface area contributed by atoms with E-state index in [1.54, 1.807) is 6.08 Å². The van der Waals surface area contributed by atoms with Gasteiger partial charge in [0.15, 0.2) is 5.84 Å². The number of aliphatic imine (C=N–C) groups is 1. The Morgan fingerprint density at radius 2 is 1.89 bits per heavy atom. The first-order valence-electron chi connectivity index (χ1n) is 9.63. The highest BCUT2D eigenvalue weighted by Crippen LogP contribution is 2.36. The van der Waals surface area contributed by atoms with E-state index < -0.39 is 0 Å². The lowest BCUT2D eigenvalue weighted by Crippen LogP contribution is -2.35. The second-order valence-corrected chi connectivity index (χ2v) is 8.60. The normalized spacial score (nSPS) is 22.3. The molecule has 5 nitrogen and oxygen atoms in total. The zero-order valence-electron chi connectivity index (χ0n) is 15.7. The van der Waals surface area contributed by atoms with Crippen molar-refractivity contribution in [1.29, 1.82) is 5.41 Å². The quantitative estimate of drug-likeness (QED) is 0.750. The highest BCUT2D eigenvalue weighted by molar-refractivity contribution is 8.27. The number of nitrogens with one attached hydrogen (secondary N) is 1. The van der Waals surface area contributed by atoms with Crippen molar-refractivity contribution in [3.8, 4) is 0 Å². The number of amides is 1. The second kappa shape index (κ2) is 7.43. The van der Waals surface area contributed by atoms with Crippen LogP contribution in [0.4, 0.5) is 0 Å². The number of benzene rings is 1. The first kappa shape index (κ1) is 18.2. The molecule has 1 saturated carbocycles. The Labute approximate surface area is 164 Å². The number of fused-ring (bicyclic) bond motifs is 1. The fraction of sp³-hybridized carbons (Fsp3) is 0.429. The van der Waals surface area contributed by atoms with E-state index in [1.165, 1.54) is 41.6 Å². The Bertz CT molecular complexity index is 861. The molecule has 0 saturated heterocycles. The van der Waals surface area contributed by atoms with Gasteiger partial charge in [-0.1, -0.05) is 57.4 Å². The van der Waals surface area contributed by atoms with Crippen molar-refractivity contribution in [3.63, 3.8) is 0 Å². The van der Waals surface area contributed by atoms with Gasteiger partial charge in [-0.25, -0.2) is 0 Å². The average Bonchev–Trinajstić information content (AvgIpc) is 3.10. The summed E-state index contributed by atoms with van der Waals surface area (Å²) in [6.45, 7) is 4.30. The van der Waals surface area contributed by atoms with Gasteiger partial charge in [0.05, 0.1) is 5.57 Å². The number of rotatable bonds is 3. The van der Waals surface area contributed by atoms with E-state index in [4.69, 9.17) is 5.41 Å². The molecule has 1 amide bonds. The number of carbonyl (C=O) groups is 1. The van der Waals surface area contributed by atoms with E-state index >= 15 is 0 Å². The number of carbonyl (C=O) groups excluding carboxylic acids is 1. The molecule has 6 heteroatoms. The Morgan fingerprint density at radius 3 is 2.56 bits per heavy atom. The SMILES string of the molecule is CC(C)c1ccc(C=C2C(=N)N3N=C(C4CCCCC4)SC3=NC2=O)cc1. The molecule has 0 radical (unpaired) electrons. The number of nitrogens with zero attached hydrogens (tertiary/aromatic N) is 3. The Hall–Kier alpha value is -2.21. The number of thioether (sulfide) groups is 1. The average molecular weight is 381 g/mol. The van der Waals surface area contributed by atoms with Crippen molar-refractivity contribution in [2.75, 3.05) is 0 Å². The topological polar surface area (TPSA) is 68.9 Å². The number of hydrogen-bond donors (Lipinski definition) is 1. The molecule has 1 aliphatic carbocycles. The Morgan fingerprint density at radius 1 is 1.19 bits per heavy atom. The van der Waals surface area contributed by atoms with Crippen LogP contribution in [-0.2, 0) is 4.79 Å². The molecule has 4 rings (SSSR count). The standard InChI is InChI=1S/C21H24N4OS/c1-13(2)15-10-8-14(9-11-15)12-17-18(22)25-21(23-19(17)26)27-20(24-25)16-6-4-3-5-7-16/h8-13,16,22H,3-7H2,1-2H3. The molecule has 2 heterocycles. The maximum atomic E-state index is 12.5. The van der Waals surface area contributed by atoms with Crippen LogP contribution in [0.25, 0.3) is 6.08 Å². The molecule has 0 spiro atoms. The third-order valence-electron chi connectivity index (χ3n) is 5.34. The van der Waals surface area contributed by atoms with Gasteiger partial charge in [0, 0.05) is 5.92 Å². The van der Waals surface area contributed by atoms with Gasteiger partial charge >= 0.3 is 0 Å². The molecule has 1 aromatic rings. The first-order chi connectivity index (χ1) is 13.0. The van der Waals surface area contributed by atoms with Gasteiger partial charge in [-0.3, -0.25) is 10.2 Å². The molecule has 3 aliphatic rings. The maximum Gasteiger partial charge on any atom is 0.283 e. The minimum Gasteiger partial charge on any atom is -0.282 e. The van der Waals surface area contributed by atoms with Crippen LogP contribution >= 0.6 is 11.8 Å². The molecule has 1 fully saturated rings. The largest absolute Gasteiger partial charge is 0.283 e. The number of hydrazone groups is 1.